The summed E-state index contributed by atoms with van der Waals surface area (Å²) >= 11 is 0. The highest BCUT2D eigenvalue weighted by Gasteiger charge is 2.09. The van der Waals surface area contributed by atoms with Gasteiger partial charge in [-0.2, -0.15) is 0 Å². The number of nitrogens with two attached hydrogens (primary N) is 1. The van der Waals surface area contributed by atoms with E-state index in [2.05, 4.69) is 4.98 Å². The van der Waals surface area contributed by atoms with Gasteiger partial charge in [-0.05, 0) is 49.2 Å². The lowest BCUT2D eigenvalue weighted by molar-refractivity contribution is 0.627. The second-order valence-electron chi connectivity index (χ2n) is 3.85. The van der Waals surface area contributed by atoms with E-state index in [-0.39, 0.29) is 5.82 Å². The Balaban J connectivity index is 2.63. The maximum atomic E-state index is 13.0. The van der Waals surface area contributed by atoms with Gasteiger partial charge in [0.15, 0.2) is 0 Å². The number of nitrogens with zero attached hydrogens (tertiary/aromatic N) is 1. The molecule has 16 heavy (non-hydrogen) atoms. The smallest absolute Gasteiger partial charge is 0.123 e. The van der Waals surface area contributed by atoms with Crippen LogP contribution in [-0.4, -0.2) is 4.98 Å². The summed E-state index contributed by atoms with van der Waals surface area (Å²) in [4.78, 5) is 4.25. The van der Waals surface area contributed by atoms with Gasteiger partial charge < -0.3 is 5.73 Å². The lowest BCUT2D eigenvalue weighted by atomic mass is 10.0. The molecule has 0 atom stereocenters. The predicted molar refractivity (Wildman–Crippen MR) is 63.5 cm³/mol. The molecule has 0 radical (unpaired) electrons. The summed E-state index contributed by atoms with van der Waals surface area (Å²) in [7, 11) is 0. The first kappa shape index (κ1) is 10.6. The highest BCUT2D eigenvalue weighted by molar-refractivity contribution is 5.76. The molecule has 0 fully saturated rings. The Morgan fingerprint density at radius 2 is 1.88 bits per heavy atom. The maximum Gasteiger partial charge on any atom is 0.123 e. The second kappa shape index (κ2) is 3.93. The van der Waals surface area contributed by atoms with Gasteiger partial charge in [0.05, 0.1) is 11.4 Å². The van der Waals surface area contributed by atoms with Crippen LogP contribution in [0, 0.1) is 19.7 Å². The molecule has 1 heterocycles. The van der Waals surface area contributed by atoms with Crippen molar-refractivity contribution in [3.8, 4) is 11.3 Å². The Labute approximate surface area is 93.9 Å². The summed E-state index contributed by atoms with van der Waals surface area (Å²) in [5.41, 5.74) is 10.0. The van der Waals surface area contributed by atoms with E-state index < -0.39 is 0 Å². The first-order valence-corrected chi connectivity index (χ1v) is 5.07. The molecule has 2 aromatic rings. The minimum absolute atomic E-state index is 0.243. The SMILES string of the molecule is Cc1cc(F)ccc1-c1nccc(C)c1N. The quantitative estimate of drug-likeness (QED) is 0.795. The number of nitrogen functional groups attached to an aromatic ring is 1. The summed E-state index contributed by atoms with van der Waals surface area (Å²) in [6.45, 7) is 3.78. The second-order valence-corrected chi connectivity index (χ2v) is 3.85. The van der Waals surface area contributed by atoms with Crippen LogP contribution in [0.2, 0.25) is 0 Å². The Hall–Kier alpha value is -1.90. The number of aromatic nitrogens is 1. The maximum absolute atomic E-state index is 13.0. The highest BCUT2D eigenvalue weighted by atomic mass is 19.1. The van der Waals surface area contributed by atoms with Crippen LogP contribution < -0.4 is 5.73 Å². The fourth-order valence-electron chi connectivity index (χ4n) is 1.68. The lowest BCUT2D eigenvalue weighted by Gasteiger charge is -2.09. The van der Waals surface area contributed by atoms with Crippen molar-refractivity contribution in [3.05, 3.63) is 47.4 Å². The summed E-state index contributed by atoms with van der Waals surface area (Å²) in [5, 5.41) is 0. The Bertz CT molecular complexity index is 535. The molecular weight excluding hydrogens is 203 g/mol. The molecule has 1 aromatic heterocycles. The molecule has 0 bridgehead atoms. The van der Waals surface area contributed by atoms with E-state index in [1.807, 2.05) is 19.9 Å². The third-order valence-electron chi connectivity index (χ3n) is 2.65. The Morgan fingerprint density at radius 1 is 1.12 bits per heavy atom. The number of benzene rings is 1. The Kier molecular flexibility index (Phi) is 2.60. The summed E-state index contributed by atoms with van der Waals surface area (Å²) in [5.74, 6) is -0.243. The van der Waals surface area contributed by atoms with Crippen LogP contribution >= 0.6 is 0 Å². The molecule has 3 heteroatoms. The number of hydrogen-bond donors (Lipinski definition) is 1. The molecule has 0 saturated carbocycles. The summed E-state index contributed by atoms with van der Waals surface area (Å²) < 4.78 is 13.0. The van der Waals surface area contributed by atoms with Crippen molar-refractivity contribution in [1.82, 2.24) is 4.98 Å². The first-order valence-electron chi connectivity index (χ1n) is 5.07. The number of anilines is 1. The van der Waals surface area contributed by atoms with Crippen molar-refractivity contribution in [2.24, 2.45) is 0 Å². The predicted octanol–water partition coefficient (Wildman–Crippen LogP) is 3.09. The molecule has 0 unspecified atom stereocenters. The van der Waals surface area contributed by atoms with Gasteiger partial charge in [0.2, 0.25) is 0 Å². The van der Waals surface area contributed by atoms with Crippen LogP contribution in [-0.2, 0) is 0 Å². The molecule has 0 aliphatic rings. The van der Waals surface area contributed by atoms with Crippen molar-refractivity contribution in [2.45, 2.75) is 13.8 Å². The van der Waals surface area contributed by atoms with E-state index in [4.69, 9.17) is 5.73 Å². The molecule has 82 valence electrons. The van der Waals surface area contributed by atoms with Gasteiger partial charge in [-0.15, -0.1) is 0 Å². The van der Waals surface area contributed by atoms with E-state index in [0.29, 0.717) is 5.69 Å². The third-order valence-corrected chi connectivity index (χ3v) is 2.65. The third kappa shape index (κ3) is 1.76. The topological polar surface area (TPSA) is 38.9 Å². The minimum Gasteiger partial charge on any atom is -0.397 e. The molecule has 2 nitrogen and oxygen atoms in total. The molecular formula is C13H13FN2. The number of pyridine rings is 1. The van der Waals surface area contributed by atoms with Crippen LogP contribution in [0.5, 0.6) is 0 Å². The van der Waals surface area contributed by atoms with Crippen molar-refractivity contribution in [1.29, 1.82) is 0 Å². The van der Waals surface area contributed by atoms with Crippen molar-refractivity contribution in [3.63, 3.8) is 0 Å². The number of rotatable bonds is 1. The van der Waals surface area contributed by atoms with Crippen LogP contribution in [0.3, 0.4) is 0 Å². The van der Waals surface area contributed by atoms with Crippen LogP contribution in [0.1, 0.15) is 11.1 Å². The average Bonchev–Trinajstić information content (AvgIpc) is 2.23. The fourth-order valence-corrected chi connectivity index (χ4v) is 1.68. The number of aryl methyl sites for hydroxylation is 2. The van der Waals surface area contributed by atoms with E-state index >= 15 is 0 Å². The molecule has 0 amide bonds. The largest absolute Gasteiger partial charge is 0.397 e. The zero-order valence-electron chi connectivity index (χ0n) is 9.29. The van der Waals surface area contributed by atoms with E-state index in [0.717, 1.165) is 22.4 Å². The van der Waals surface area contributed by atoms with Gasteiger partial charge in [-0.3, -0.25) is 4.98 Å². The Morgan fingerprint density at radius 3 is 2.56 bits per heavy atom. The van der Waals surface area contributed by atoms with Crippen LogP contribution in [0.25, 0.3) is 11.3 Å². The zero-order valence-corrected chi connectivity index (χ0v) is 9.29. The van der Waals surface area contributed by atoms with Crippen LogP contribution in [0.4, 0.5) is 10.1 Å². The van der Waals surface area contributed by atoms with Crippen molar-refractivity contribution in [2.75, 3.05) is 5.73 Å². The fraction of sp³-hybridized carbons (Fsp3) is 0.154. The highest BCUT2D eigenvalue weighted by Crippen LogP contribution is 2.28. The normalized spacial score (nSPS) is 10.4. The van der Waals surface area contributed by atoms with Gasteiger partial charge in [-0.1, -0.05) is 0 Å². The first-order chi connectivity index (χ1) is 7.59. The van der Waals surface area contributed by atoms with Gasteiger partial charge in [0.25, 0.3) is 0 Å². The van der Waals surface area contributed by atoms with Gasteiger partial charge in [-0.25, -0.2) is 4.39 Å². The molecule has 0 spiro atoms. The molecule has 0 aliphatic heterocycles. The summed E-state index contributed by atoms with van der Waals surface area (Å²) in [6.07, 6.45) is 1.71. The molecule has 0 saturated heterocycles. The average molecular weight is 216 g/mol. The lowest BCUT2D eigenvalue weighted by Crippen LogP contribution is -1.97. The van der Waals surface area contributed by atoms with Gasteiger partial charge >= 0.3 is 0 Å². The monoisotopic (exact) mass is 216 g/mol. The molecule has 0 aliphatic carbocycles. The van der Waals surface area contributed by atoms with Crippen molar-refractivity contribution >= 4 is 5.69 Å². The molecule has 1 aromatic carbocycles. The standard InChI is InChI=1S/C13H13FN2/c1-8-5-6-16-13(12(8)15)11-4-3-10(14)7-9(11)2/h3-7H,15H2,1-2H3. The minimum atomic E-state index is -0.243. The summed E-state index contributed by atoms with van der Waals surface area (Å²) in [6, 6.07) is 6.48. The van der Waals surface area contributed by atoms with E-state index in [1.54, 1.807) is 12.3 Å². The van der Waals surface area contributed by atoms with E-state index in [9.17, 15) is 4.39 Å². The van der Waals surface area contributed by atoms with Crippen molar-refractivity contribution < 1.29 is 4.39 Å². The van der Waals surface area contributed by atoms with Gasteiger partial charge in [0, 0.05) is 11.8 Å². The molecule has 2 N–H and O–H groups in total. The number of halogens is 1. The molecule has 2 rings (SSSR count). The number of hydrogen-bond acceptors (Lipinski definition) is 2. The zero-order chi connectivity index (χ0) is 11.7. The van der Waals surface area contributed by atoms with Gasteiger partial charge in [0.1, 0.15) is 5.82 Å². The van der Waals surface area contributed by atoms with Crippen LogP contribution in [0.15, 0.2) is 30.5 Å². The van der Waals surface area contributed by atoms with E-state index in [1.165, 1.54) is 12.1 Å².